The predicted molar refractivity (Wildman–Crippen MR) is 125 cm³/mol. The molecule has 0 amide bonds. The normalized spacial score (nSPS) is 13.0. The Morgan fingerprint density at radius 2 is 1.88 bits per heavy atom. The lowest BCUT2D eigenvalue weighted by atomic mass is 10.0. The molecule has 162 valence electrons. The Balaban J connectivity index is 1.47. The van der Waals surface area contributed by atoms with Crippen LogP contribution in [0.25, 0.3) is 33.4 Å². The number of nitrogens with zero attached hydrogens (tertiary/aromatic N) is 7. The molecule has 1 aliphatic heterocycles. The second-order valence-electron chi connectivity index (χ2n) is 7.95. The lowest BCUT2D eigenvalue weighted by Gasteiger charge is -2.20. The topological polar surface area (TPSA) is 72.6 Å². The number of hydrogen-bond donors (Lipinski definition) is 0. The van der Waals surface area contributed by atoms with Gasteiger partial charge >= 0.3 is 0 Å². The summed E-state index contributed by atoms with van der Waals surface area (Å²) in [5.74, 6) is 1.11. The Morgan fingerprint density at radius 1 is 1.00 bits per heavy atom. The zero-order valence-electron chi connectivity index (χ0n) is 17.6. The maximum atomic E-state index is 14.0. The number of aryl methyl sites for hydroxylation is 1. The highest BCUT2D eigenvalue weighted by Crippen LogP contribution is 2.39. The van der Waals surface area contributed by atoms with Crippen molar-refractivity contribution in [1.29, 1.82) is 0 Å². The highest BCUT2D eigenvalue weighted by atomic mass is 35.5. The van der Waals surface area contributed by atoms with Crippen LogP contribution in [0.3, 0.4) is 0 Å². The van der Waals surface area contributed by atoms with Crippen molar-refractivity contribution >= 4 is 34.0 Å². The second-order valence-corrected chi connectivity index (χ2v) is 8.36. The van der Waals surface area contributed by atoms with Gasteiger partial charge < -0.3 is 9.47 Å². The van der Waals surface area contributed by atoms with Gasteiger partial charge in [-0.05, 0) is 47.9 Å². The molecular weight excluding hydrogens is 441 g/mol. The highest BCUT2D eigenvalue weighted by molar-refractivity contribution is 6.31. The highest BCUT2D eigenvalue weighted by Gasteiger charge is 2.25. The Hall–Kier alpha value is -3.91. The van der Waals surface area contributed by atoms with Crippen LogP contribution in [-0.2, 0) is 13.5 Å². The number of benzene rings is 2. The van der Waals surface area contributed by atoms with E-state index in [1.807, 2.05) is 36.0 Å². The maximum absolute atomic E-state index is 14.0. The standard InChI is InChI=1S/C24H17ClFN7/c1-32-13-30-31-23(32)17-6-16(10-27-11-17)14-2-3-21-18(7-14)24(29-12-28-21)33-5-4-15-8-20(26)19(25)9-22(15)33/h2-3,6-13H,4-5H2,1H3. The molecule has 1 aliphatic rings. The summed E-state index contributed by atoms with van der Waals surface area (Å²) in [4.78, 5) is 15.5. The molecule has 6 rings (SSSR count). The minimum atomic E-state index is -0.401. The van der Waals surface area contributed by atoms with Gasteiger partial charge in [-0.3, -0.25) is 4.98 Å². The average molecular weight is 458 g/mol. The summed E-state index contributed by atoms with van der Waals surface area (Å²) in [6.07, 6.45) is 7.52. The van der Waals surface area contributed by atoms with Crippen LogP contribution in [0.2, 0.25) is 5.02 Å². The molecule has 7 nitrogen and oxygen atoms in total. The van der Waals surface area contributed by atoms with E-state index in [4.69, 9.17) is 11.6 Å². The van der Waals surface area contributed by atoms with Crippen molar-refractivity contribution in [3.05, 3.63) is 77.8 Å². The quantitative estimate of drug-likeness (QED) is 0.380. The Kier molecular flexibility index (Phi) is 4.55. The molecule has 0 aliphatic carbocycles. The monoisotopic (exact) mass is 457 g/mol. The molecule has 0 radical (unpaired) electrons. The molecular formula is C24H17ClFN7. The summed E-state index contributed by atoms with van der Waals surface area (Å²) in [5.41, 5.74) is 5.41. The molecule has 0 fully saturated rings. The smallest absolute Gasteiger partial charge is 0.165 e. The fraction of sp³-hybridized carbons (Fsp3) is 0.125. The van der Waals surface area contributed by atoms with E-state index in [0.717, 1.165) is 56.9 Å². The first-order valence-corrected chi connectivity index (χ1v) is 10.8. The third kappa shape index (κ3) is 3.30. The van der Waals surface area contributed by atoms with E-state index in [-0.39, 0.29) is 5.02 Å². The zero-order valence-corrected chi connectivity index (χ0v) is 18.3. The van der Waals surface area contributed by atoms with Crippen LogP contribution in [0.5, 0.6) is 0 Å². The van der Waals surface area contributed by atoms with Crippen molar-refractivity contribution in [3.8, 4) is 22.5 Å². The van der Waals surface area contributed by atoms with Crippen molar-refractivity contribution < 1.29 is 4.39 Å². The number of pyridine rings is 1. The molecule has 0 saturated carbocycles. The van der Waals surface area contributed by atoms with Gasteiger partial charge in [-0.15, -0.1) is 10.2 Å². The van der Waals surface area contributed by atoms with E-state index >= 15 is 0 Å². The first kappa shape index (κ1) is 19.8. The third-order valence-electron chi connectivity index (χ3n) is 5.93. The molecule has 0 N–H and O–H groups in total. The molecule has 0 spiro atoms. The fourth-order valence-corrected chi connectivity index (χ4v) is 4.46. The minimum Gasteiger partial charge on any atom is -0.325 e. The van der Waals surface area contributed by atoms with Crippen molar-refractivity contribution in [2.75, 3.05) is 11.4 Å². The number of hydrogen-bond acceptors (Lipinski definition) is 6. The molecule has 3 aromatic heterocycles. The summed E-state index contributed by atoms with van der Waals surface area (Å²) in [6, 6.07) is 11.3. The van der Waals surface area contributed by atoms with Crippen LogP contribution < -0.4 is 4.90 Å². The molecule has 4 heterocycles. The summed E-state index contributed by atoms with van der Waals surface area (Å²) < 4.78 is 15.8. The van der Waals surface area contributed by atoms with Crippen LogP contribution >= 0.6 is 11.6 Å². The largest absolute Gasteiger partial charge is 0.325 e. The number of halogens is 2. The number of aromatic nitrogens is 6. The molecule has 33 heavy (non-hydrogen) atoms. The molecule has 2 aromatic carbocycles. The van der Waals surface area contributed by atoms with Crippen LogP contribution in [0.4, 0.5) is 15.9 Å². The molecule has 0 bridgehead atoms. The van der Waals surface area contributed by atoms with Gasteiger partial charge in [0.25, 0.3) is 0 Å². The maximum Gasteiger partial charge on any atom is 0.165 e. The lowest BCUT2D eigenvalue weighted by Crippen LogP contribution is -2.15. The van der Waals surface area contributed by atoms with E-state index in [1.54, 1.807) is 24.9 Å². The second kappa shape index (κ2) is 7.60. The van der Waals surface area contributed by atoms with Crippen molar-refractivity contribution in [2.24, 2.45) is 7.05 Å². The SMILES string of the molecule is Cn1cnnc1-c1cncc(-c2ccc3ncnc(N4CCc5cc(F)c(Cl)cc54)c3c2)c1. The summed E-state index contributed by atoms with van der Waals surface area (Å²) >= 11 is 6.08. The van der Waals surface area contributed by atoms with Crippen LogP contribution in [-0.4, -0.2) is 36.3 Å². The Bertz CT molecular complexity index is 1530. The van der Waals surface area contributed by atoms with Crippen molar-refractivity contribution in [1.82, 2.24) is 29.7 Å². The van der Waals surface area contributed by atoms with E-state index < -0.39 is 5.82 Å². The summed E-state index contributed by atoms with van der Waals surface area (Å²) in [6.45, 7) is 0.689. The molecule has 0 saturated heterocycles. The third-order valence-corrected chi connectivity index (χ3v) is 6.22. The number of rotatable bonds is 3. The molecule has 5 aromatic rings. The zero-order chi connectivity index (χ0) is 22.5. The molecule has 9 heteroatoms. The van der Waals surface area contributed by atoms with Crippen molar-refractivity contribution in [2.45, 2.75) is 6.42 Å². The minimum absolute atomic E-state index is 0.103. The van der Waals surface area contributed by atoms with Crippen LogP contribution in [0.15, 0.2) is 61.4 Å². The van der Waals surface area contributed by atoms with Gasteiger partial charge in [0.2, 0.25) is 0 Å². The average Bonchev–Trinajstić information content (AvgIpc) is 3.44. The molecule has 0 atom stereocenters. The van der Waals surface area contributed by atoms with Gasteiger partial charge in [-0.25, -0.2) is 14.4 Å². The van der Waals surface area contributed by atoms with Crippen molar-refractivity contribution in [3.63, 3.8) is 0 Å². The number of anilines is 2. The van der Waals surface area contributed by atoms with E-state index in [1.165, 1.54) is 6.07 Å². The van der Waals surface area contributed by atoms with Gasteiger partial charge in [0, 0.05) is 48.2 Å². The molecule has 0 unspecified atom stereocenters. The van der Waals surface area contributed by atoms with E-state index in [0.29, 0.717) is 6.54 Å². The summed E-state index contributed by atoms with van der Waals surface area (Å²) in [7, 11) is 1.90. The Morgan fingerprint density at radius 3 is 2.73 bits per heavy atom. The van der Waals surface area contributed by atoms with Gasteiger partial charge in [-0.2, -0.15) is 0 Å². The van der Waals surface area contributed by atoms with Gasteiger partial charge in [-0.1, -0.05) is 17.7 Å². The number of fused-ring (bicyclic) bond motifs is 2. The van der Waals surface area contributed by atoms with Crippen LogP contribution in [0, 0.1) is 5.82 Å². The first-order valence-electron chi connectivity index (χ1n) is 10.4. The first-order chi connectivity index (χ1) is 16.1. The predicted octanol–water partition coefficient (Wildman–Crippen LogP) is 4.97. The lowest BCUT2D eigenvalue weighted by molar-refractivity contribution is 0.627. The fourth-order valence-electron chi connectivity index (χ4n) is 4.30. The van der Waals surface area contributed by atoms with E-state index in [2.05, 4.69) is 36.1 Å². The van der Waals surface area contributed by atoms with Gasteiger partial charge in [0.15, 0.2) is 5.82 Å². The van der Waals surface area contributed by atoms with Crippen LogP contribution in [0.1, 0.15) is 5.56 Å². The Labute approximate surface area is 193 Å². The van der Waals surface area contributed by atoms with Gasteiger partial charge in [0.05, 0.1) is 10.5 Å². The van der Waals surface area contributed by atoms with Gasteiger partial charge in [0.1, 0.15) is 24.3 Å². The van der Waals surface area contributed by atoms with E-state index in [9.17, 15) is 4.39 Å². The summed E-state index contributed by atoms with van der Waals surface area (Å²) in [5, 5.41) is 9.14.